The van der Waals surface area contributed by atoms with E-state index in [0.717, 1.165) is 11.8 Å². The third-order valence-electron chi connectivity index (χ3n) is 7.63. The SMILES string of the molecule is CC(C)(F)CC[C@@H]1CN(c2cccc(F)c2)c2nc(SC3CC(F)(F)C3)c(OCC3(C(=O)O)CC3)cc2SC1(F)F. The molecule has 0 saturated heterocycles. The maximum Gasteiger partial charge on any atom is 0.313 e. The summed E-state index contributed by atoms with van der Waals surface area (Å²) in [7, 11) is 0. The molecule has 1 aromatic heterocycles. The van der Waals surface area contributed by atoms with Gasteiger partial charge in [0, 0.05) is 36.4 Å². The van der Waals surface area contributed by atoms with Crippen LogP contribution in [0.4, 0.5) is 37.8 Å². The highest BCUT2D eigenvalue weighted by atomic mass is 32.2. The van der Waals surface area contributed by atoms with Gasteiger partial charge in [-0.1, -0.05) is 17.8 Å². The van der Waals surface area contributed by atoms with Gasteiger partial charge in [0.05, 0.1) is 10.8 Å². The number of benzene rings is 1. The van der Waals surface area contributed by atoms with Gasteiger partial charge in [0.2, 0.25) is 5.92 Å². The molecule has 0 radical (unpaired) electrons. The van der Waals surface area contributed by atoms with E-state index in [1.165, 1.54) is 43.0 Å². The fourth-order valence-electron chi connectivity index (χ4n) is 4.83. The highest BCUT2D eigenvalue weighted by Crippen LogP contribution is 2.55. The Morgan fingerprint density at radius 1 is 1.22 bits per heavy atom. The van der Waals surface area contributed by atoms with Gasteiger partial charge in [-0.05, 0) is 69.5 Å². The van der Waals surface area contributed by atoms with Crippen molar-refractivity contribution in [2.24, 2.45) is 11.3 Å². The Labute approximate surface area is 242 Å². The number of carboxylic acids is 1. The topological polar surface area (TPSA) is 62.7 Å². The van der Waals surface area contributed by atoms with Gasteiger partial charge < -0.3 is 14.7 Å². The van der Waals surface area contributed by atoms with E-state index < -0.39 is 58.1 Å². The second-order valence-corrected chi connectivity index (χ2v) is 14.2. The highest BCUT2D eigenvalue weighted by Gasteiger charge is 2.52. The highest BCUT2D eigenvalue weighted by molar-refractivity contribution is 8.00. The summed E-state index contributed by atoms with van der Waals surface area (Å²) < 4.78 is 93.3. The van der Waals surface area contributed by atoms with Crippen molar-refractivity contribution in [1.29, 1.82) is 0 Å². The Bertz CT molecular complexity index is 1310. The first-order chi connectivity index (χ1) is 19.1. The molecule has 1 atom stereocenters. The van der Waals surface area contributed by atoms with Crippen LogP contribution in [0, 0.1) is 17.2 Å². The molecular weight excluding hydrogens is 590 g/mol. The van der Waals surface area contributed by atoms with Crippen LogP contribution < -0.4 is 9.64 Å². The Morgan fingerprint density at radius 2 is 1.93 bits per heavy atom. The van der Waals surface area contributed by atoms with Crippen LogP contribution in [-0.4, -0.2) is 51.3 Å². The maximum absolute atomic E-state index is 15.7. The second kappa shape index (κ2) is 10.8. The zero-order chi connectivity index (χ0) is 29.8. The van der Waals surface area contributed by atoms with E-state index in [9.17, 15) is 27.5 Å². The molecule has 3 aliphatic rings. The number of hydrogen-bond donors (Lipinski definition) is 1. The molecule has 2 heterocycles. The van der Waals surface area contributed by atoms with Crippen LogP contribution in [-0.2, 0) is 4.79 Å². The summed E-state index contributed by atoms with van der Waals surface area (Å²) in [6.07, 6.45) is -0.285. The maximum atomic E-state index is 15.7. The number of alkyl halides is 5. The third kappa shape index (κ3) is 6.87. The Kier molecular flexibility index (Phi) is 7.93. The van der Waals surface area contributed by atoms with Crippen molar-refractivity contribution >= 4 is 41.0 Å². The summed E-state index contributed by atoms with van der Waals surface area (Å²) in [4.78, 5) is 17.8. The van der Waals surface area contributed by atoms with Crippen molar-refractivity contribution in [3.63, 3.8) is 0 Å². The predicted octanol–water partition coefficient (Wildman–Crippen LogP) is 8.34. The van der Waals surface area contributed by atoms with Gasteiger partial charge in [0.25, 0.3) is 0 Å². The minimum absolute atomic E-state index is 0.000249. The van der Waals surface area contributed by atoms with Gasteiger partial charge in [-0.2, -0.15) is 8.78 Å². The van der Waals surface area contributed by atoms with Crippen LogP contribution in [0.1, 0.15) is 52.4 Å². The smallest absolute Gasteiger partial charge is 0.313 e. The van der Waals surface area contributed by atoms with Gasteiger partial charge in [0.15, 0.2) is 5.75 Å². The largest absolute Gasteiger partial charge is 0.490 e. The molecule has 2 saturated carbocycles. The molecule has 5 rings (SSSR count). The van der Waals surface area contributed by atoms with Crippen LogP contribution in [0.2, 0.25) is 0 Å². The van der Waals surface area contributed by atoms with Crippen molar-refractivity contribution in [2.45, 2.75) is 84.4 Å². The average Bonchev–Trinajstić information content (AvgIpc) is 3.64. The van der Waals surface area contributed by atoms with Crippen molar-refractivity contribution < 1.29 is 41.0 Å². The van der Waals surface area contributed by atoms with Crippen LogP contribution in [0.25, 0.3) is 0 Å². The lowest BCUT2D eigenvalue weighted by Gasteiger charge is -2.34. The van der Waals surface area contributed by atoms with E-state index in [2.05, 4.69) is 4.98 Å². The average molecular weight is 621 g/mol. The summed E-state index contributed by atoms with van der Waals surface area (Å²) in [6, 6.07) is 6.72. The number of rotatable bonds is 10. The summed E-state index contributed by atoms with van der Waals surface area (Å²) in [6.45, 7) is 2.11. The van der Waals surface area contributed by atoms with Crippen LogP contribution in [0.3, 0.4) is 0 Å². The number of fused-ring (bicyclic) bond motifs is 1. The molecule has 224 valence electrons. The number of aliphatic carboxylic acids is 1. The molecule has 41 heavy (non-hydrogen) atoms. The molecule has 2 aromatic rings. The Morgan fingerprint density at radius 3 is 2.51 bits per heavy atom. The molecule has 1 aromatic carbocycles. The van der Waals surface area contributed by atoms with E-state index in [0.29, 0.717) is 12.8 Å². The Balaban J connectivity index is 1.56. The van der Waals surface area contributed by atoms with Gasteiger partial charge >= 0.3 is 11.2 Å². The number of carboxylic acid groups (broad SMARTS) is 1. The van der Waals surface area contributed by atoms with Crippen molar-refractivity contribution in [2.75, 3.05) is 18.1 Å². The van der Waals surface area contributed by atoms with Crippen LogP contribution in [0.5, 0.6) is 5.75 Å². The lowest BCUT2D eigenvalue weighted by molar-refractivity contribution is -0.144. The number of pyridine rings is 1. The van der Waals surface area contributed by atoms with Crippen molar-refractivity contribution in [3.05, 3.63) is 36.1 Å². The first kappa shape index (κ1) is 30.2. The van der Waals surface area contributed by atoms with Gasteiger partial charge in [-0.3, -0.25) is 4.79 Å². The lowest BCUT2D eigenvalue weighted by Crippen LogP contribution is -2.37. The normalized spacial score (nSPS) is 22.8. The molecule has 0 spiro atoms. The molecule has 0 unspecified atom stereocenters. The molecule has 0 amide bonds. The van der Waals surface area contributed by atoms with Crippen molar-refractivity contribution in [1.82, 2.24) is 4.98 Å². The summed E-state index contributed by atoms with van der Waals surface area (Å²) >= 11 is 1.26. The number of halogens is 6. The standard InChI is InChI=1S/C28H30F6N2O3S2/c1-25(2,30)7-6-16-14-36(18-5-3-4-17(29)10-18)22-21(41-28(16,33)34)11-20(39-15-26(8-9-26)24(37)38)23(35-22)40-19-12-27(31,32)13-19/h3-5,10-11,16,19H,6-9,12-15H2,1-2H3,(H,37,38)/t16-/m1/s1. The van der Waals surface area contributed by atoms with Gasteiger partial charge in [-0.15, -0.1) is 0 Å². The first-order valence-electron chi connectivity index (χ1n) is 13.3. The lowest BCUT2D eigenvalue weighted by atomic mass is 9.94. The van der Waals surface area contributed by atoms with Crippen molar-refractivity contribution in [3.8, 4) is 5.75 Å². The molecule has 5 nitrogen and oxygen atoms in total. The zero-order valence-corrected chi connectivity index (χ0v) is 24.1. The summed E-state index contributed by atoms with van der Waals surface area (Å²) in [5.74, 6) is -5.68. The Hall–Kier alpha value is -2.28. The molecule has 2 fully saturated rings. The quantitative estimate of drug-likeness (QED) is 0.268. The number of nitrogens with zero attached hydrogens (tertiary/aromatic N) is 2. The van der Waals surface area contributed by atoms with E-state index >= 15 is 8.78 Å². The monoisotopic (exact) mass is 620 g/mol. The number of ether oxygens (including phenoxy) is 1. The fraction of sp³-hybridized carbons (Fsp3) is 0.571. The molecule has 0 bridgehead atoms. The minimum atomic E-state index is -3.37. The van der Waals surface area contributed by atoms with Gasteiger partial charge in [-0.25, -0.2) is 22.5 Å². The number of hydrogen-bond acceptors (Lipinski definition) is 6. The van der Waals surface area contributed by atoms with E-state index in [4.69, 9.17) is 4.74 Å². The number of anilines is 2. The minimum Gasteiger partial charge on any atom is -0.490 e. The zero-order valence-electron chi connectivity index (χ0n) is 22.4. The molecule has 1 N–H and O–H groups in total. The molecule has 2 aliphatic carbocycles. The van der Waals surface area contributed by atoms with E-state index in [1.54, 1.807) is 6.07 Å². The molecular formula is C28H30F6N2O3S2. The van der Waals surface area contributed by atoms with Crippen LogP contribution in [0.15, 0.2) is 40.3 Å². The fourth-order valence-corrected chi connectivity index (χ4v) is 7.24. The first-order valence-corrected chi connectivity index (χ1v) is 15.0. The van der Waals surface area contributed by atoms with E-state index in [-0.39, 0.29) is 64.9 Å². The summed E-state index contributed by atoms with van der Waals surface area (Å²) in [5, 5.41) is 5.86. The number of carbonyl (C=O) groups is 1. The second-order valence-electron chi connectivity index (χ2n) is 11.7. The third-order valence-corrected chi connectivity index (χ3v) is 9.94. The van der Waals surface area contributed by atoms with Crippen LogP contribution >= 0.6 is 23.5 Å². The number of aromatic nitrogens is 1. The molecule has 13 heteroatoms. The predicted molar refractivity (Wildman–Crippen MR) is 145 cm³/mol. The molecule has 1 aliphatic heterocycles. The summed E-state index contributed by atoms with van der Waals surface area (Å²) in [5.41, 5.74) is -2.52. The van der Waals surface area contributed by atoms with E-state index in [1.807, 2.05) is 0 Å². The van der Waals surface area contributed by atoms with Gasteiger partial charge in [0.1, 0.15) is 34.4 Å². The number of thioether (sulfide) groups is 2.